The summed E-state index contributed by atoms with van der Waals surface area (Å²) in [4.78, 5) is 4.18. The van der Waals surface area contributed by atoms with E-state index in [0.29, 0.717) is 0 Å². The molecule has 0 aliphatic heterocycles. The molecule has 0 radical (unpaired) electrons. The normalized spacial score (nSPS) is 12.9. The SMILES string of the molecule is CCc1ccc(C(N)CO)cn1. The van der Waals surface area contributed by atoms with Crippen molar-refractivity contribution in [3.05, 3.63) is 29.6 Å². The summed E-state index contributed by atoms with van der Waals surface area (Å²) in [5.41, 5.74) is 7.53. The molecule has 0 aliphatic rings. The highest BCUT2D eigenvalue weighted by atomic mass is 16.3. The van der Waals surface area contributed by atoms with Crippen LogP contribution >= 0.6 is 0 Å². The lowest BCUT2D eigenvalue weighted by atomic mass is 10.1. The van der Waals surface area contributed by atoms with Gasteiger partial charge in [0.2, 0.25) is 0 Å². The zero-order chi connectivity index (χ0) is 8.97. The van der Waals surface area contributed by atoms with Gasteiger partial charge in [-0.1, -0.05) is 13.0 Å². The molecular weight excluding hydrogens is 152 g/mol. The van der Waals surface area contributed by atoms with Crippen molar-refractivity contribution in [2.45, 2.75) is 19.4 Å². The Labute approximate surface area is 72.2 Å². The van der Waals surface area contributed by atoms with Crippen molar-refractivity contribution in [3.8, 4) is 0 Å². The predicted octanol–water partition coefficient (Wildman–Crippen LogP) is 0.636. The lowest BCUT2D eigenvalue weighted by Gasteiger charge is -2.07. The molecule has 0 bridgehead atoms. The summed E-state index contributed by atoms with van der Waals surface area (Å²) < 4.78 is 0. The van der Waals surface area contributed by atoms with Crippen molar-refractivity contribution in [1.82, 2.24) is 4.98 Å². The number of hydrogen-bond acceptors (Lipinski definition) is 3. The molecule has 1 aromatic rings. The third kappa shape index (κ3) is 2.03. The molecule has 0 aliphatic carbocycles. The first-order valence-electron chi connectivity index (χ1n) is 4.09. The molecule has 3 heteroatoms. The van der Waals surface area contributed by atoms with Crippen LogP contribution in [0.5, 0.6) is 0 Å². The fraction of sp³-hybridized carbons (Fsp3) is 0.444. The van der Waals surface area contributed by atoms with Crippen LogP contribution < -0.4 is 5.73 Å². The summed E-state index contributed by atoms with van der Waals surface area (Å²) in [6.45, 7) is 2.02. The van der Waals surface area contributed by atoms with Crippen molar-refractivity contribution >= 4 is 0 Å². The second kappa shape index (κ2) is 4.18. The molecule has 66 valence electrons. The molecule has 1 atom stereocenters. The van der Waals surface area contributed by atoms with Gasteiger partial charge in [-0.15, -0.1) is 0 Å². The lowest BCUT2D eigenvalue weighted by Crippen LogP contribution is -2.14. The van der Waals surface area contributed by atoms with Gasteiger partial charge in [0.05, 0.1) is 12.6 Å². The van der Waals surface area contributed by atoms with Crippen LogP contribution in [0.15, 0.2) is 18.3 Å². The van der Waals surface area contributed by atoms with Gasteiger partial charge in [0.25, 0.3) is 0 Å². The molecule has 12 heavy (non-hydrogen) atoms. The van der Waals surface area contributed by atoms with Crippen LogP contribution in [-0.2, 0) is 6.42 Å². The van der Waals surface area contributed by atoms with E-state index in [4.69, 9.17) is 10.8 Å². The van der Waals surface area contributed by atoms with E-state index in [2.05, 4.69) is 4.98 Å². The number of aliphatic hydroxyl groups excluding tert-OH is 1. The van der Waals surface area contributed by atoms with Gasteiger partial charge in [-0.25, -0.2) is 0 Å². The molecule has 0 amide bonds. The van der Waals surface area contributed by atoms with Gasteiger partial charge in [-0.05, 0) is 18.1 Å². The van der Waals surface area contributed by atoms with Crippen LogP contribution in [-0.4, -0.2) is 16.7 Å². The highest BCUT2D eigenvalue weighted by Gasteiger charge is 2.03. The van der Waals surface area contributed by atoms with Crippen LogP contribution in [0.2, 0.25) is 0 Å². The second-order valence-electron chi connectivity index (χ2n) is 2.73. The van der Waals surface area contributed by atoms with E-state index in [-0.39, 0.29) is 12.6 Å². The zero-order valence-corrected chi connectivity index (χ0v) is 7.20. The third-order valence-electron chi connectivity index (χ3n) is 1.83. The van der Waals surface area contributed by atoms with Gasteiger partial charge in [-0.2, -0.15) is 0 Å². The number of pyridine rings is 1. The van der Waals surface area contributed by atoms with E-state index in [1.807, 2.05) is 19.1 Å². The van der Waals surface area contributed by atoms with Crippen molar-refractivity contribution < 1.29 is 5.11 Å². The number of rotatable bonds is 3. The monoisotopic (exact) mass is 166 g/mol. The molecule has 1 heterocycles. The van der Waals surface area contributed by atoms with Crippen LogP contribution in [0, 0.1) is 0 Å². The minimum absolute atomic E-state index is 0.0346. The van der Waals surface area contributed by atoms with E-state index in [9.17, 15) is 0 Å². The standard InChI is InChI=1S/C9H14N2O/c1-2-8-4-3-7(5-11-8)9(10)6-12/h3-5,9,12H,2,6,10H2,1H3. The first-order chi connectivity index (χ1) is 5.77. The van der Waals surface area contributed by atoms with Crippen LogP contribution in [0.25, 0.3) is 0 Å². The highest BCUT2D eigenvalue weighted by Crippen LogP contribution is 2.08. The maximum atomic E-state index is 8.76. The number of aromatic nitrogens is 1. The summed E-state index contributed by atoms with van der Waals surface area (Å²) in [7, 11) is 0. The minimum atomic E-state index is -0.302. The van der Waals surface area contributed by atoms with Gasteiger partial charge in [-0.3, -0.25) is 4.98 Å². The molecule has 0 saturated heterocycles. The Morgan fingerprint density at radius 2 is 2.33 bits per heavy atom. The summed E-state index contributed by atoms with van der Waals surface area (Å²) in [6.07, 6.45) is 2.65. The number of nitrogens with zero attached hydrogens (tertiary/aromatic N) is 1. The second-order valence-corrected chi connectivity index (χ2v) is 2.73. The maximum absolute atomic E-state index is 8.76. The fourth-order valence-corrected chi connectivity index (χ4v) is 0.970. The first kappa shape index (κ1) is 9.16. The van der Waals surface area contributed by atoms with Crippen LogP contribution in [0.3, 0.4) is 0 Å². The van der Waals surface area contributed by atoms with Crippen LogP contribution in [0.1, 0.15) is 24.2 Å². The Hall–Kier alpha value is -0.930. The largest absolute Gasteiger partial charge is 0.394 e. The molecule has 3 nitrogen and oxygen atoms in total. The van der Waals surface area contributed by atoms with Crippen molar-refractivity contribution in [3.63, 3.8) is 0 Å². The van der Waals surface area contributed by atoms with Gasteiger partial charge in [0.1, 0.15) is 0 Å². The molecule has 0 saturated carbocycles. The summed E-state index contributed by atoms with van der Waals surface area (Å²) in [6, 6.07) is 3.54. The average molecular weight is 166 g/mol. The van der Waals surface area contributed by atoms with E-state index >= 15 is 0 Å². The van der Waals surface area contributed by atoms with E-state index < -0.39 is 0 Å². The van der Waals surface area contributed by atoms with Crippen molar-refractivity contribution in [2.75, 3.05) is 6.61 Å². The van der Waals surface area contributed by atoms with E-state index in [1.165, 1.54) is 0 Å². The van der Waals surface area contributed by atoms with Gasteiger partial charge >= 0.3 is 0 Å². The smallest absolute Gasteiger partial charge is 0.0624 e. The Balaban J connectivity index is 2.77. The minimum Gasteiger partial charge on any atom is -0.394 e. The van der Waals surface area contributed by atoms with E-state index in [0.717, 1.165) is 17.7 Å². The number of nitrogens with two attached hydrogens (primary N) is 1. The quantitative estimate of drug-likeness (QED) is 0.692. The molecule has 1 rings (SSSR count). The molecule has 3 N–H and O–H groups in total. The topological polar surface area (TPSA) is 59.1 Å². The number of aliphatic hydroxyl groups is 1. The third-order valence-corrected chi connectivity index (χ3v) is 1.83. The maximum Gasteiger partial charge on any atom is 0.0624 e. The Bertz CT molecular complexity index is 233. The van der Waals surface area contributed by atoms with Crippen molar-refractivity contribution in [2.24, 2.45) is 5.73 Å². The average Bonchev–Trinajstić information content (AvgIpc) is 2.17. The van der Waals surface area contributed by atoms with E-state index in [1.54, 1.807) is 6.20 Å². The Morgan fingerprint density at radius 3 is 2.75 bits per heavy atom. The summed E-state index contributed by atoms with van der Waals surface area (Å²) in [5.74, 6) is 0. The highest BCUT2D eigenvalue weighted by molar-refractivity contribution is 5.17. The Kier molecular flexibility index (Phi) is 3.19. The first-order valence-corrected chi connectivity index (χ1v) is 4.09. The number of aryl methyl sites for hydroxylation is 1. The summed E-state index contributed by atoms with van der Waals surface area (Å²) >= 11 is 0. The molecule has 0 spiro atoms. The lowest BCUT2D eigenvalue weighted by molar-refractivity contribution is 0.268. The van der Waals surface area contributed by atoms with Gasteiger partial charge in [0.15, 0.2) is 0 Å². The fourth-order valence-electron chi connectivity index (χ4n) is 0.970. The predicted molar refractivity (Wildman–Crippen MR) is 47.6 cm³/mol. The molecule has 0 aromatic carbocycles. The number of hydrogen-bond donors (Lipinski definition) is 2. The molecule has 1 aromatic heterocycles. The van der Waals surface area contributed by atoms with Crippen molar-refractivity contribution in [1.29, 1.82) is 0 Å². The summed E-state index contributed by atoms with van der Waals surface area (Å²) in [5, 5.41) is 8.76. The zero-order valence-electron chi connectivity index (χ0n) is 7.20. The van der Waals surface area contributed by atoms with Crippen LogP contribution in [0.4, 0.5) is 0 Å². The van der Waals surface area contributed by atoms with Gasteiger partial charge in [0, 0.05) is 11.9 Å². The molecule has 1 unspecified atom stereocenters. The molecular formula is C9H14N2O. The van der Waals surface area contributed by atoms with Gasteiger partial charge < -0.3 is 10.8 Å². The Morgan fingerprint density at radius 1 is 1.58 bits per heavy atom. The molecule has 0 fully saturated rings.